The maximum absolute atomic E-state index is 13.9. The molecular weight excluding hydrogens is 229 g/mol. The van der Waals surface area contributed by atoms with Gasteiger partial charge in [-0.1, -0.05) is 0 Å². The minimum atomic E-state index is -0.257. The molecule has 0 bridgehead atoms. The average molecular weight is 243 g/mol. The van der Waals surface area contributed by atoms with E-state index in [1.54, 1.807) is 18.3 Å². The summed E-state index contributed by atoms with van der Waals surface area (Å²) in [6.07, 6.45) is 4.57. The quantitative estimate of drug-likeness (QED) is 0.782. The second-order valence-electron chi connectivity index (χ2n) is 4.53. The van der Waals surface area contributed by atoms with E-state index in [1.807, 2.05) is 17.2 Å². The standard InChI is InChI=1S/C14H14FN3/c15-13-7-12(16)1-2-14(13)18-6-4-10-8-17-5-3-11(10)9-18/h1-3,5,7-8H,4,6,9,16H2. The van der Waals surface area contributed by atoms with Crippen LogP contribution in [0.5, 0.6) is 0 Å². The van der Waals surface area contributed by atoms with Gasteiger partial charge < -0.3 is 10.6 Å². The van der Waals surface area contributed by atoms with Crippen molar-refractivity contribution < 1.29 is 4.39 Å². The van der Waals surface area contributed by atoms with Gasteiger partial charge in [-0.05, 0) is 41.8 Å². The topological polar surface area (TPSA) is 42.1 Å². The Labute approximate surface area is 105 Å². The third-order valence-electron chi connectivity index (χ3n) is 3.33. The minimum absolute atomic E-state index is 0.257. The number of fused-ring (bicyclic) bond motifs is 1. The van der Waals surface area contributed by atoms with Crippen LogP contribution in [0, 0.1) is 5.82 Å². The zero-order valence-electron chi connectivity index (χ0n) is 9.94. The van der Waals surface area contributed by atoms with E-state index in [1.165, 1.54) is 17.2 Å². The second-order valence-corrected chi connectivity index (χ2v) is 4.53. The molecule has 0 unspecified atom stereocenters. The Kier molecular flexibility index (Phi) is 2.63. The summed E-state index contributed by atoms with van der Waals surface area (Å²) in [6.45, 7) is 1.53. The van der Waals surface area contributed by atoms with Crippen molar-refractivity contribution in [2.75, 3.05) is 17.2 Å². The summed E-state index contributed by atoms with van der Waals surface area (Å²) in [4.78, 5) is 6.15. The highest BCUT2D eigenvalue weighted by Crippen LogP contribution is 2.27. The second kappa shape index (κ2) is 4.29. The molecule has 4 heteroatoms. The van der Waals surface area contributed by atoms with E-state index in [0.717, 1.165) is 19.5 Å². The Bertz CT molecular complexity index is 583. The molecule has 0 atom stereocenters. The van der Waals surface area contributed by atoms with Crippen molar-refractivity contribution in [2.45, 2.75) is 13.0 Å². The van der Waals surface area contributed by atoms with E-state index < -0.39 is 0 Å². The van der Waals surface area contributed by atoms with Crippen LogP contribution in [0.2, 0.25) is 0 Å². The summed E-state index contributed by atoms with van der Waals surface area (Å²) in [5.41, 5.74) is 9.11. The van der Waals surface area contributed by atoms with Crippen LogP contribution in [0.15, 0.2) is 36.7 Å². The van der Waals surface area contributed by atoms with Crippen LogP contribution in [-0.2, 0) is 13.0 Å². The Morgan fingerprint density at radius 2 is 2.11 bits per heavy atom. The summed E-state index contributed by atoms with van der Waals surface area (Å²) < 4.78 is 13.9. The number of nitrogens with two attached hydrogens (primary N) is 1. The summed E-state index contributed by atoms with van der Waals surface area (Å²) in [7, 11) is 0. The zero-order chi connectivity index (χ0) is 12.5. The van der Waals surface area contributed by atoms with E-state index in [4.69, 9.17) is 5.73 Å². The van der Waals surface area contributed by atoms with Crippen LogP contribution in [0.25, 0.3) is 0 Å². The molecular formula is C14H14FN3. The van der Waals surface area contributed by atoms with Crippen LogP contribution < -0.4 is 10.6 Å². The predicted octanol–water partition coefficient (Wildman–Crippen LogP) is 2.37. The number of pyridine rings is 1. The highest BCUT2D eigenvalue weighted by Gasteiger charge is 2.18. The van der Waals surface area contributed by atoms with Gasteiger partial charge in [-0.3, -0.25) is 4.98 Å². The van der Waals surface area contributed by atoms with Crippen LogP contribution in [0.4, 0.5) is 15.8 Å². The van der Waals surface area contributed by atoms with Gasteiger partial charge in [0.2, 0.25) is 0 Å². The van der Waals surface area contributed by atoms with Crippen LogP contribution >= 0.6 is 0 Å². The van der Waals surface area contributed by atoms with Gasteiger partial charge in [0, 0.05) is 31.2 Å². The third-order valence-corrected chi connectivity index (χ3v) is 3.33. The Hall–Kier alpha value is -2.10. The van der Waals surface area contributed by atoms with Crippen molar-refractivity contribution in [3.8, 4) is 0 Å². The molecule has 2 aromatic rings. The van der Waals surface area contributed by atoms with E-state index in [0.29, 0.717) is 11.4 Å². The Balaban J connectivity index is 1.92. The number of hydrogen-bond donors (Lipinski definition) is 1. The van der Waals surface area contributed by atoms with Crippen molar-refractivity contribution in [3.63, 3.8) is 0 Å². The number of rotatable bonds is 1. The molecule has 0 fully saturated rings. The van der Waals surface area contributed by atoms with Gasteiger partial charge in [-0.15, -0.1) is 0 Å². The zero-order valence-corrected chi connectivity index (χ0v) is 9.94. The first-order valence-corrected chi connectivity index (χ1v) is 5.96. The fourth-order valence-corrected chi connectivity index (χ4v) is 2.36. The monoisotopic (exact) mass is 243 g/mol. The number of aromatic nitrogens is 1. The highest BCUT2D eigenvalue weighted by molar-refractivity contribution is 5.55. The van der Waals surface area contributed by atoms with Gasteiger partial charge in [0.05, 0.1) is 5.69 Å². The normalized spacial score (nSPS) is 14.4. The molecule has 1 aromatic heterocycles. The third kappa shape index (κ3) is 1.90. The first-order valence-electron chi connectivity index (χ1n) is 5.96. The average Bonchev–Trinajstić information content (AvgIpc) is 2.38. The maximum atomic E-state index is 13.9. The van der Waals surface area contributed by atoms with Gasteiger partial charge in [-0.2, -0.15) is 0 Å². The van der Waals surface area contributed by atoms with Crippen molar-refractivity contribution >= 4 is 11.4 Å². The molecule has 1 aromatic carbocycles. The number of halogens is 1. The molecule has 2 heterocycles. The maximum Gasteiger partial charge on any atom is 0.148 e. The molecule has 0 saturated carbocycles. The molecule has 0 amide bonds. The number of hydrogen-bond acceptors (Lipinski definition) is 3. The molecule has 0 aliphatic carbocycles. The summed E-state index contributed by atoms with van der Waals surface area (Å²) >= 11 is 0. The van der Waals surface area contributed by atoms with E-state index in [9.17, 15) is 4.39 Å². The van der Waals surface area contributed by atoms with Gasteiger partial charge in [0.25, 0.3) is 0 Å². The van der Waals surface area contributed by atoms with Crippen molar-refractivity contribution in [1.29, 1.82) is 0 Å². The van der Waals surface area contributed by atoms with Crippen LogP contribution in [0.3, 0.4) is 0 Å². The molecule has 18 heavy (non-hydrogen) atoms. The summed E-state index contributed by atoms with van der Waals surface area (Å²) in [5.74, 6) is -0.257. The van der Waals surface area contributed by atoms with Gasteiger partial charge in [-0.25, -0.2) is 4.39 Å². The van der Waals surface area contributed by atoms with E-state index in [-0.39, 0.29) is 5.82 Å². The van der Waals surface area contributed by atoms with Crippen molar-refractivity contribution in [1.82, 2.24) is 4.98 Å². The SMILES string of the molecule is Nc1ccc(N2CCc3cnccc3C2)c(F)c1. The van der Waals surface area contributed by atoms with Crippen LogP contribution in [-0.4, -0.2) is 11.5 Å². The minimum Gasteiger partial charge on any atom is -0.399 e. The lowest BCUT2D eigenvalue weighted by atomic mass is 10.0. The Morgan fingerprint density at radius 1 is 1.22 bits per heavy atom. The molecule has 2 N–H and O–H groups in total. The van der Waals surface area contributed by atoms with Crippen LogP contribution in [0.1, 0.15) is 11.1 Å². The number of nitrogens with zero attached hydrogens (tertiary/aromatic N) is 2. The molecule has 0 spiro atoms. The molecule has 1 aliphatic heterocycles. The first-order chi connectivity index (χ1) is 8.74. The fourth-order valence-electron chi connectivity index (χ4n) is 2.36. The first kappa shape index (κ1) is 11.0. The molecule has 1 aliphatic rings. The van der Waals surface area contributed by atoms with Gasteiger partial charge in [0.1, 0.15) is 5.82 Å². The molecule has 3 rings (SSSR count). The number of nitrogen functional groups attached to an aromatic ring is 1. The predicted molar refractivity (Wildman–Crippen MR) is 69.8 cm³/mol. The highest BCUT2D eigenvalue weighted by atomic mass is 19.1. The van der Waals surface area contributed by atoms with Crippen molar-refractivity contribution in [2.24, 2.45) is 0 Å². The largest absolute Gasteiger partial charge is 0.399 e. The molecule has 3 nitrogen and oxygen atoms in total. The fraction of sp³-hybridized carbons (Fsp3) is 0.214. The van der Waals surface area contributed by atoms with Gasteiger partial charge in [0.15, 0.2) is 0 Å². The summed E-state index contributed by atoms with van der Waals surface area (Å²) in [5, 5.41) is 0. The van der Waals surface area contributed by atoms with Crippen molar-refractivity contribution in [3.05, 3.63) is 53.6 Å². The van der Waals surface area contributed by atoms with E-state index >= 15 is 0 Å². The lowest BCUT2D eigenvalue weighted by molar-refractivity contribution is 0.610. The molecule has 0 saturated heterocycles. The van der Waals surface area contributed by atoms with Gasteiger partial charge >= 0.3 is 0 Å². The lowest BCUT2D eigenvalue weighted by Gasteiger charge is -2.30. The number of anilines is 2. The molecule has 92 valence electrons. The summed E-state index contributed by atoms with van der Waals surface area (Å²) in [6, 6.07) is 6.85. The molecule has 0 radical (unpaired) electrons. The smallest absolute Gasteiger partial charge is 0.148 e. The lowest BCUT2D eigenvalue weighted by Crippen LogP contribution is -2.31. The number of benzene rings is 1. The van der Waals surface area contributed by atoms with E-state index in [2.05, 4.69) is 4.98 Å². The Morgan fingerprint density at radius 3 is 2.94 bits per heavy atom.